The number of methoxy groups -OCH3 is 1. The minimum atomic E-state index is -0.467. The molecule has 178 valence electrons. The average molecular weight is 461 g/mol. The molecule has 34 heavy (non-hydrogen) atoms. The zero-order valence-corrected chi connectivity index (χ0v) is 20.5. The van der Waals surface area contributed by atoms with E-state index in [1.165, 1.54) is 0 Å². The highest BCUT2D eigenvalue weighted by Crippen LogP contribution is 2.47. The highest BCUT2D eigenvalue weighted by molar-refractivity contribution is 6.10. The van der Waals surface area contributed by atoms with Gasteiger partial charge in [-0.15, -0.1) is 0 Å². The molecule has 0 spiro atoms. The van der Waals surface area contributed by atoms with Crippen LogP contribution in [-0.4, -0.2) is 25.4 Å². The van der Waals surface area contributed by atoms with Crippen LogP contribution in [0.1, 0.15) is 52.0 Å². The van der Waals surface area contributed by atoms with Gasteiger partial charge in [0, 0.05) is 34.9 Å². The van der Waals surface area contributed by atoms with Crippen LogP contribution in [0.2, 0.25) is 0 Å². The highest BCUT2D eigenvalue weighted by Gasteiger charge is 2.42. The number of carbonyl (C=O) groups excluding carboxylic acids is 2. The van der Waals surface area contributed by atoms with Gasteiger partial charge in [-0.1, -0.05) is 38.1 Å². The third kappa shape index (κ3) is 4.58. The lowest BCUT2D eigenvalue weighted by molar-refractivity contribution is -0.118. The van der Waals surface area contributed by atoms with Gasteiger partial charge in [-0.2, -0.15) is 0 Å². The molecule has 6 heteroatoms. The second-order valence-corrected chi connectivity index (χ2v) is 9.59. The molecular weight excluding hydrogens is 428 g/mol. The zero-order chi connectivity index (χ0) is 24.5. The lowest BCUT2D eigenvalue weighted by Crippen LogP contribution is -2.39. The molecule has 1 atom stereocenters. The molecule has 2 aliphatic rings. The van der Waals surface area contributed by atoms with E-state index in [1.807, 2.05) is 50.2 Å². The Morgan fingerprint density at radius 1 is 1.12 bits per heavy atom. The first-order chi connectivity index (χ1) is 16.2. The molecule has 4 rings (SSSR count). The molecule has 0 fully saturated rings. The quantitative estimate of drug-likeness (QED) is 0.609. The molecule has 2 aromatic carbocycles. The van der Waals surface area contributed by atoms with E-state index >= 15 is 0 Å². The smallest absolute Gasteiger partial charge is 0.254 e. The monoisotopic (exact) mass is 460 g/mol. The van der Waals surface area contributed by atoms with E-state index in [2.05, 4.69) is 24.5 Å². The van der Waals surface area contributed by atoms with Crippen molar-refractivity contribution in [1.82, 2.24) is 5.32 Å². The fourth-order valence-corrected chi connectivity index (χ4v) is 4.93. The van der Waals surface area contributed by atoms with Crippen molar-refractivity contribution < 1.29 is 19.1 Å². The number of ketones is 1. The number of carbonyl (C=O) groups is 2. The molecule has 2 aromatic rings. The summed E-state index contributed by atoms with van der Waals surface area (Å²) >= 11 is 0. The van der Waals surface area contributed by atoms with Crippen molar-refractivity contribution in [2.75, 3.05) is 19.0 Å². The van der Waals surface area contributed by atoms with Gasteiger partial charge in [-0.3, -0.25) is 9.59 Å². The Morgan fingerprint density at radius 3 is 2.50 bits per heavy atom. The zero-order valence-electron chi connectivity index (χ0n) is 20.5. The number of allylic oxidation sites excluding steroid dienone is 3. The average Bonchev–Trinajstić information content (AvgIpc) is 2.78. The van der Waals surface area contributed by atoms with E-state index in [0.29, 0.717) is 35.6 Å². The van der Waals surface area contributed by atoms with Crippen molar-refractivity contribution in [2.45, 2.75) is 46.5 Å². The van der Waals surface area contributed by atoms with Crippen LogP contribution in [0.4, 0.5) is 5.69 Å². The summed E-state index contributed by atoms with van der Waals surface area (Å²) < 4.78 is 11.0. The van der Waals surface area contributed by atoms with Gasteiger partial charge in [-0.25, -0.2) is 0 Å². The van der Waals surface area contributed by atoms with Gasteiger partial charge in [0.25, 0.3) is 5.91 Å². The number of hydrogen-bond donors (Lipinski definition) is 2. The lowest BCUT2D eigenvalue weighted by Gasteiger charge is -2.39. The van der Waals surface area contributed by atoms with Crippen molar-refractivity contribution in [3.8, 4) is 11.5 Å². The number of benzene rings is 2. The maximum absolute atomic E-state index is 13.7. The molecule has 1 heterocycles. The summed E-state index contributed by atoms with van der Waals surface area (Å²) in [6.07, 6.45) is 1.20. The molecule has 0 saturated heterocycles. The van der Waals surface area contributed by atoms with Gasteiger partial charge in [-0.05, 0) is 55.5 Å². The lowest BCUT2D eigenvalue weighted by atomic mass is 9.68. The Hall–Kier alpha value is -3.54. The predicted octanol–water partition coefficient (Wildman–Crippen LogP) is 5.34. The number of rotatable bonds is 6. The van der Waals surface area contributed by atoms with Crippen LogP contribution < -0.4 is 20.1 Å². The number of nitrogens with one attached hydrogen (secondary N) is 2. The normalized spacial score (nSPS) is 19.3. The Labute approximate surface area is 201 Å². The topological polar surface area (TPSA) is 76.7 Å². The van der Waals surface area contributed by atoms with Crippen LogP contribution >= 0.6 is 0 Å². The molecule has 0 bridgehead atoms. The molecule has 6 nitrogen and oxygen atoms in total. The Balaban J connectivity index is 1.79. The molecule has 1 amide bonds. The third-order valence-electron chi connectivity index (χ3n) is 6.36. The van der Waals surface area contributed by atoms with Crippen LogP contribution in [0.25, 0.3) is 0 Å². The molecule has 1 aliphatic carbocycles. The molecule has 0 radical (unpaired) electrons. The predicted molar refractivity (Wildman–Crippen MR) is 133 cm³/mol. The van der Waals surface area contributed by atoms with Crippen molar-refractivity contribution in [1.29, 1.82) is 0 Å². The molecule has 0 saturated carbocycles. The molecule has 0 aromatic heterocycles. The van der Waals surface area contributed by atoms with Gasteiger partial charge in [0.1, 0.15) is 11.5 Å². The van der Waals surface area contributed by atoms with E-state index in [-0.39, 0.29) is 17.1 Å². The summed E-state index contributed by atoms with van der Waals surface area (Å²) in [5.74, 6) is 0.674. The number of Topliss-reactive ketones (excluding diaryl/α,β-unsaturated/α-hetero) is 1. The van der Waals surface area contributed by atoms with Crippen LogP contribution in [0.15, 0.2) is 71.1 Å². The van der Waals surface area contributed by atoms with E-state index in [1.54, 1.807) is 19.2 Å². The molecular formula is C28H32N2O4. The molecule has 0 unspecified atom stereocenters. The summed E-state index contributed by atoms with van der Waals surface area (Å²) in [6, 6.07) is 15.0. The number of anilines is 1. The largest absolute Gasteiger partial charge is 0.495 e. The van der Waals surface area contributed by atoms with Crippen molar-refractivity contribution in [2.24, 2.45) is 5.41 Å². The molecule has 1 aliphatic heterocycles. The first kappa shape index (κ1) is 23.6. The fraction of sp³-hybridized carbons (Fsp3) is 0.357. The Kier molecular flexibility index (Phi) is 6.51. The fourth-order valence-electron chi connectivity index (χ4n) is 4.93. The number of dihydropyridines is 1. The number of para-hydroxylation sites is 2. The first-order valence-electron chi connectivity index (χ1n) is 11.6. The maximum Gasteiger partial charge on any atom is 0.254 e. The Bertz CT molecular complexity index is 1180. The molecule has 2 N–H and O–H groups in total. The van der Waals surface area contributed by atoms with Gasteiger partial charge < -0.3 is 20.1 Å². The summed E-state index contributed by atoms with van der Waals surface area (Å²) in [5, 5.41) is 6.40. The van der Waals surface area contributed by atoms with Crippen molar-refractivity contribution in [3.63, 3.8) is 0 Å². The van der Waals surface area contributed by atoms with E-state index in [4.69, 9.17) is 9.47 Å². The standard InChI is InChI=1S/C28H32N2O4/c1-6-34-19-13-11-18(12-14-19)25-24(27(32)30-20-9-7-8-10-23(20)33-5)17(2)29-21-15-28(3,4)16-22(31)26(21)25/h7-14,25,29H,6,15-16H2,1-5H3,(H,30,32)/t25-/m1/s1. The van der Waals surface area contributed by atoms with Crippen LogP contribution in [-0.2, 0) is 9.59 Å². The summed E-state index contributed by atoms with van der Waals surface area (Å²) in [4.78, 5) is 27.1. The third-order valence-corrected chi connectivity index (χ3v) is 6.36. The van der Waals surface area contributed by atoms with Crippen LogP contribution in [0.3, 0.4) is 0 Å². The van der Waals surface area contributed by atoms with Gasteiger partial charge in [0.15, 0.2) is 5.78 Å². The van der Waals surface area contributed by atoms with Crippen molar-refractivity contribution in [3.05, 3.63) is 76.6 Å². The first-order valence-corrected chi connectivity index (χ1v) is 11.6. The number of hydrogen-bond acceptors (Lipinski definition) is 5. The second kappa shape index (κ2) is 9.37. The highest BCUT2D eigenvalue weighted by atomic mass is 16.5. The SMILES string of the molecule is CCOc1ccc([C@@H]2C(C(=O)Nc3ccccc3OC)=C(C)NC3=C2C(=O)CC(C)(C)C3)cc1. The van der Waals surface area contributed by atoms with Crippen molar-refractivity contribution >= 4 is 17.4 Å². The van der Waals surface area contributed by atoms with Gasteiger partial charge in [0.05, 0.1) is 19.4 Å². The van der Waals surface area contributed by atoms with Gasteiger partial charge in [0.2, 0.25) is 0 Å². The van der Waals surface area contributed by atoms with Gasteiger partial charge >= 0.3 is 0 Å². The summed E-state index contributed by atoms with van der Waals surface area (Å²) in [6.45, 7) is 8.61. The maximum atomic E-state index is 13.7. The second-order valence-electron chi connectivity index (χ2n) is 9.59. The van der Waals surface area contributed by atoms with E-state index < -0.39 is 5.92 Å². The number of amides is 1. The summed E-state index contributed by atoms with van der Waals surface area (Å²) in [7, 11) is 1.57. The van der Waals surface area contributed by atoms with E-state index in [9.17, 15) is 9.59 Å². The van der Waals surface area contributed by atoms with Crippen LogP contribution in [0, 0.1) is 5.41 Å². The summed E-state index contributed by atoms with van der Waals surface area (Å²) in [5.41, 5.74) is 4.19. The van der Waals surface area contributed by atoms with Crippen LogP contribution in [0.5, 0.6) is 11.5 Å². The number of ether oxygens (including phenoxy) is 2. The van der Waals surface area contributed by atoms with E-state index in [0.717, 1.165) is 29.1 Å². The Morgan fingerprint density at radius 2 is 1.82 bits per heavy atom. The minimum Gasteiger partial charge on any atom is -0.495 e. The minimum absolute atomic E-state index is 0.0766.